The summed E-state index contributed by atoms with van der Waals surface area (Å²) in [4.78, 5) is 18.5. The van der Waals surface area contributed by atoms with E-state index in [9.17, 15) is 4.79 Å². The van der Waals surface area contributed by atoms with E-state index >= 15 is 0 Å². The first-order chi connectivity index (χ1) is 9.70. The van der Waals surface area contributed by atoms with Gasteiger partial charge in [0.15, 0.2) is 0 Å². The number of carbonyl (C=O) groups is 1. The Morgan fingerprint density at radius 3 is 3.10 bits per heavy atom. The maximum atomic E-state index is 12.5. The summed E-state index contributed by atoms with van der Waals surface area (Å²) in [7, 11) is 0. The third-order valence-electron chi connectivity index (χ3n) is 3.59. The highest BCUT2D eigenvalue weighted by molar-refractivity contribution is 6.04. The van der Waals surface area contributed by atoms with E-state index in [-0.39, 0.29) is 11.7 Å². The molecular formula is C14H17N5O. The van der Waals surface area contributed by atoms with Crippen LogP contribution in [0.25, 0.3) is 0 Å². The van der Waals surface area contributed by atoms with Crippen molar-refractivity contribution in [3.8, 4) is 0 Å². The highest BCUT2D eigenvalue weighted by Crippen LogP contribution is 2.31. The van der Waals surface area contributed by atoms with Crippen LogP contribution in [0.15, 0.2) is 18.2 Å². The molecule has 0 atom stereocenters. The van der Waals surface area contributed by atoms with Crippen molar-refractivity contribution >= 4 is 17.3 Å². The van der Waals surface area contributed by atoms with E-state index in [0.29, 0.717) is 6.54 Å². The van der Waals surface area contributed by atoms with E-state index in [1.165, 1.54) is 0 Å². The molecule has 20 heavy (non-hydrogen) atoms. The van der Waals surface area contributed by atoms with Gasteiger partial charge in [0.25, 0.3) is 5.91 Å². The Bertz CT molecular complexity index is 649. The topological polar surface area (TPSA) is 87.9 Å². The lowest BCUT2D eigenvalue weighted by atomic mass is 10.00. The zero-order valence-corrected chi connectivity index (χ0v) is 11.4. The highest BCUT2D eigenvalue weighted by Gasteiger charge is 2.27. The molecule has 1 aliphatic heterocycles. The van der Waals surface area contributed by atoms with Crippen LogP contribution in [0, 0.1) is 0 Å². The van der Waals surface area contributed by atoms with E-state index in [2.05, 4.69) is 15.2 Å². The van der Waals surface area contributed by atoms with Gasteiger partial charge >= 0.3 is 0 Å². The average molecular weight is 271 g/mol. The van der Waals surface area contributed by atoms with Crippen LogP contribution in [0.3, 0.4) is 0 Å². The molecule has 0 saturated heterocycles. The van der Waals surface area contributed by atoms with Crippen molar-refractivity contribution < 1.29 is 4.79 Å². The number of rotatable bonds is 2. The fourth-order valence-electron chi connectivity index (χ4n) is 2.53. The Balaban J connectivity index is 1.96. The number of hydrogen-bond donors (Lipinski definition) is 2. The molecule has 1 aromatic carbocycles. The minimum atomic E-state index is -0.174. The zero-order chi connectivity index (χ0) is 14.1. The Morgan fingerprint density at radius 1 is 1.50 bits per heavy atom. The first-order valence-corrected chi connectivity index (χ1v) is 6.81. The second kappa shape index (κ2) is 4.96. The predicted octanol–water partition coefficient (Wildman–Crippen LogP) is 1.54. The van der Waals surface area contributed by atoms with Gasteiger partial charge in [0.05, 0.1) is 0 Å². The van der Waals surface area contributed by atoms with Crippen LogP contribution < -0.4 is 10.6 Å². The number of nitrogen functional groups attached to an aromatic ring is 1. The standard InChI is InChI=1S/C14H17N5O/c1-2-12-16-13(18-17-12)14(20)19-8-4-5-9-10(15)6-3-7-11(9)19/h3,6-7H,2,4-5,8,15H2,1H3,(H,16,17,18). The van der Waals surface area contributed by atoms with Gasteiger partial charge in [0.1, 0.15) is 5.82 Å². The lowest BCUT2D eigenvalue weighted by Crippen LogP contribution is -2.36. The number of aromatic amines is 1. The fraction of sp³-hybridized carbons (Fsp3) is 0.357. The van der Waals surface area contributed by atoms with Crippen molar-refractivity contribution in [2.75, 3.05) is 17.2 Å². The van der Waals surface area contributed by atoms with Crippen molar-refractivity contribution in [1.82, 2.24) is 15.2 Å². The minimum Gasteiger partial charge on any atom is -0.398 e. The molecule has 0 fully saturated rings. The molecule has 3 rings (SSSR count). The van der Waals surface area contributed by atoms with Crippen molar-refractivity contribution in [3.63, 3.8) is 0 Å². The summed E-state index contributed by atoms with van der Waals surface area (Å²) in [5, 5.41) is 6.78. The quantitative estimate of drug-likeness (QED) is 0.811. The molecule has 0 unspecified atom stereocenters. The van der Waals surface area contributed by atoms with Gasteiger partial charge in [-0.25, -0.2) is 4.98 Å². The first kappa shape index (κ1) is 12.7. The fourth-order valence-corrected chi connectivity index (χ4v) is 2.53. The van der Waals surface area contributed by atoms with Gasteiger partial charge in [0, 0.05) is 24.3 Å². The molecule has 3 N–H and O–H groups in total. The summed E-state index contributed by atoms with van der Waals surface area (Å²) in [6, 6.07) is 5.67. The number of hydrogen-bond acceptors (Lipinski definition) is 4. The van der Waals surface area contributed by atoms with Gasteiger partial charge in [0.2, 0.25) is 5.82 Å². The molecule has 1 aliphatic rings. The summed E-state index contributed by atoms with van der Waals surface area (Å²) >= 11 is 0. The number of aryl methyl sites for hydroxylation is 1. The Labute approximate surface area is 117 Å². The van der Waals surface area contributed by atoms with E-state index in [4.69, 9.17) is 5.73 Å². The molecule has 104 valence electrons. The Morgan fingerprint density at radius 2 is 2.35 bits per heavy atom. The van der Waals surface area contributed by atoms with Crippen molar-refractivity contribution in [2.24, 2.45) is 0 Å². The molecular weight excluding hydrogens is 254 g/mol. The number of nitrogens with one attached hydrogen (secondary N) is 1. The molecule has 2 heterocycles. The van der Waals surface area contributed by atoms with Gasteiger partial charge in [-0.2, -0.15) is 0 Å². The number of fused-ring (bicyclic) bond motifs is 1. The van der Waals surface area contributed by atoms with E-state index in [0.717, 1.165) is 42.0 Å². The Hall–Kier alpha value is -2.37. The monoisotopic (exact) mass is 271 g/mol. The van der Waals surface area contributed by atoms with Crippen molar-refractivity contribution in [3.05, 3.63) is 35.4 Å². The average Bonchev–Trinajstić information content (AvgIpc) is 2.95. The van der Waals surface area contributed by atoms with Crippen molar-refractivity contribution in [1.29, 1.82) is 0 Å². The zero-order valence-electron chi connectivity index (χ0n) is 11.4. The summed E-state index contributed by atoms with van der Waals surface area (Å²) in [6.07, 6.45) is 2.53. The summed E-state index contributed by atoms with van der Waals surface area (Å²) in [5.41, 5.74) is 8.65. The van der Waals surface area contributed by atoms with Gasteiger partial charge < -0.3 is 10.6 Å². The highest BCUT2D eigenvalue weighted by atomic mass is 16.2. The van der Waals surface area contributed by atoms with Gasteiger partial charge in [-0.05, 0) is 30.5 Å². The number of anilines is 2. The minimum absolute atomic E-state index is 0.174. The van der Waals surface area contributed by atoms with Crippen LogP contribution in [0.5, 0.6) is 0 Å². The summed E-state index contributed by atoms with van der Waals surface area (Å²) in [5.74, 6) is 0.766. The van der Waals surface area contributed by atoms with Crippen LogP contribution in [0.4, 0.5) is 11.4 Å². The number of nitrogens with zero attached hydrogens (tertiary/aromatic N) is 3. The molecule has 1 amide bonds. The van der Waals surface area contributed by atoms with Gasteiger partial charge in [-0.15, -0.1) is 5.10 Å². The van der Waals surface area contributed by atoms with Crippen LogP contribution in [-0.2, 0) is 12.8 Å². The molecule has 0 spiro atoms. The number of carbonyl (C=O) groups excluding carboxylic acids is 1. The van der Waals surface area contributed by atoms with Crippen LogP contribution in [-0.4, -0.2) is 27.6 Å². The first-order valence-electron chi connectivity index (χ1n) is 6.81. The number of amides is 1. The molecule has 2 aromatic rings. The predicted molar refractivity (Wildman–Crippen MR) is 76.6 cm³/mol. The lowest BCUT2D eigenvalue weighted by Gasteiger charge is -2.29. The molecule has 6 heteroatoms. The Kier molecular flexibility index (Phi) is 3.14. The lowest BCUT2D eigenvalue weighted by molar-refractivity contribution is 0.0975. The number of nitrogens with two attached hydrogens (primary N) is 1. The van der Waals surface area contributed by atoms with Crippen LogP contribution >= 0.6 is 0 Å². The largest absolute Gasteiger partial charge is 0.398 e. The number of benzene rings is 1. The number of aromatic nitrogens is 3. The third kappa shape index (κ3) is 2.03. The molecule has 0 saturated carbocycles. The normalized spacial score (nSPS) is 14.2. The van der Waals surface area contributed by atoms with Gasteiger partial charge in [-0.3, -0.25) is 9.89 Å². The summed E-state index contributed by atoms with van der Waals surface area (Å²) < 4.78 is 0. The second-order valence-corrected chi connectivity index (χ2v) is 4.86. The second-order valence-electron chi connectivity index (χ2n) is 4.86. The third-order valence-corrected chi connectivity index (χ3v) is 3.59. The molecule has 0 bridgehead atoms. The number of H-pyrrole nitrogens is 1. The van der Waals surface area contributed by atoms with E-state index in [1.54, 1.807) is 4.90 Å². The molecule has 6 nitrogen and oxygen atoms in total. The van der Waals surface area contributed by atoms with Crippen molar-refractivity contribution in [2.45, 2.75) is 26.2 Å². The molecule has 0 aliphatic carbocycles. The van der Waals surface area contributed by atoms with Gasteiger partial charge in [-0.1, -0.05) is 13.0 Å². The smallest absolute Gasteiger partial charge is 0.297 e. The van der Waals surface area contributed by atoms with E-state index in [1.807, 2.05) is 25.1 Å². The van der Waals surface area contributed by atoms with E-state index < -0.39 is 0 Å². The van der Waals surface area contributed by atoms with Crippen LogP contribution in [0.1, 0.15) is 35.4 Å². The SMILES string of the molecule is CCc1nc(C(=O)N2CCCc3c(N)cccc32)n[nH]1. The molecule has 1 aromatic heterocycles. The molecule has 0 radical (unpaired) electrons. The summed E-state index contributed by atoms with van der Waals surface area (Å²) in [6.45, 7) is 2.64. The van der Waals surface area contributed by atoms with Crippen LogP contribution in [0.2, 0.25) is 0 Å². The maximum absolute atomic E-state index is 12.5. The maximum Gasteiger partial charge on any atom is 0.297 e.